The lowest BCUT2D eigenvalue weighted by Crippen LogP contribution is -2.60. The lowest BCUT2D eigenvalue weighted by molar-refractivity contribution is 0.108. The SMILES string of the molecule is O=C=C1N(CCCCCCCC2CO2)C(=O)N(CCCCCCC2CO2)C(=O)N1CCCCCCC1CO1. The number of urea groups is 2. The van der Waals surface area contributed by atoms with Crippen molar-refractivity contribution in [3.05, 3.63) is 5.82 Å². The van der Waals surface area contributed by atoms with Gasteiger partial charge in [-0.05, 0) is 38.5 Å². The molecule has 4 aliphatic heterocycles. The van der Waals surface area contributed by atoms with Crippen LogP contribution >= 0.6 is 0 Å². The second kappa shape index (κ2) is 15.6. The minimum absolute atomic E-state index is 0.0953. The number of hydrogen-bond donors (Lipinski definition) is 0. The van der Waals surface area contributed by atoms with Gasteiger partial charge in [0.15, 0.2) is 5.94 Å². The summed E-state index contributed by atoms with van der Waals surface area (Å²) in [4.78, 5) is 43.1. The molecule has 0 aromatic rings. The maximum atomic E-state index is 13.4. The normalized spacial score (nSPS) is 24.3. The molecule has 3 unspecified atom stereocenters. The fraction of sp³-hybridized carbons (Fsp3) is 0.862. The Balaban J connectivity index is 1.24. The maximum Gasteiger partial charge on any atom is 0.334 e. The number of unbranched alkanes of at least 4 members (excludes halogenated alkanes) is 10. The first-order chi connectivity index (χ1) is 18.7. The molecule has 4 fully saturated rings. The van der Waals surface area contributed by atoms with E-state index >= 15 is 0 Å². The molecule has 0 spiro atoms. The molecule has 0 N–H and O–H groups in total. The van der Waals surface area contributed by atoms with Crippen LogP contribution in [0, 0.1) is 0 Å². The topological polar surface area (TPSA) is 98.5 Å². The highest BCUT2D eigenvalue weighted by atomic mass is 16.6. The predicted molar refractivity (Wildman–Crippen MR) is 143 cm³/mol. The summed E-state index contributed by atoms with van der Waals surface area (Å²) in [5.41, 5.74) is 0. The van der Waals surface area contributed by atoms with Gasteiger partial charge in [-0.3, -0.25) is 9.80 Å². The number of rotatable bonds is 22. The number of hydrogen-bond acceptors (Lipinski definition) is 6. The van der Waals surface area contributed by atoms with Crippen molar-refractivity contribution in [3.63, 3.8) is 0 Å². The van der Waals surface area contributed by atoms with Gasteiger partial charge in [0.05, 0.1) is 38.1 Å². The molecule has 38 heavy (non-hydrogen) atoms. The highest BCUT2D eigenvalue weighted by Gasteiger charge is 2.41. The van der Waals surface area contributed by atoms with Crippen LogP contribution < -0.4 is 0 Å². The molecule has 214 valence electrons. The summed E-state index contributed by atoms with van der Waals surface area (Å²) in [6.45, 7) is 3.96. The Hall–Kier alpha value is -1.93. The van der Waals surface area contributed by atoms with E-state index in [1.165, 1.54) is 21.1 Å². The van der Waals surface area contributed by atoms with Crippen molar-refractivity contribution in [2.24, 2.45) is 0 Å². The summed E-state index contributed by atoms with van der Waals surface area (Å²) in [5.74, 6) is 2.05. The van der Waals surface area contributed by atoms with Gasteiger partial charge in [0.2, 0.25) is 5.82 Å². The minimum Gasteiger partial charge on any atom is -0.373 e. The van der Waals surface area contributed by atoms with E-state index in [0.717, 1.165) is 116 Å². The summed E-state index contributed by atoms with van der Waals surface area (Å²) >= 11 is 0. The average molecular weight is 534 g/mol. The number of imide groups is 1. The molecule has 0 aliphatic carbocycles. The number of amides is 4. The molecule has 4 aliphatic rings. The molecule has 0 aromatic carbocycles. The van der Waals surface area contributed by atoms with E-state index < -0.39 is 0 Å². The third kappa shape index (κ3) is 9.99. The van der Waals surface area contributed by atoms with E-state index in [1.54, 1.807) is 0 Å². The fourth-order valence-electron chi connectivity index (χ4n) is 5.27. The summed E-state index contributed by atoms with van der Waals surface area (Å²) in [5, 5.41) is 0. The zero-order valence-corrected chi connectivity index (χ0v) is 23.1. The van der Waals surface area contributed by atoms with E-state index in [0.29, 0.717) is 37.9 Å². The average Bonchev–Trinajstić information content (AvgIpc) is 3.74. The Kier molecular flexibility index (Phi) is 11.9. The van der Waals surface area contributed by atoms with Gasteiger partial charge in [0.25, 0.3) is 0 Å². The van der Waals surface area contributed by atoms with Crippen LogP contribution in [-0.4, -0.2) is 90.5 Å². The second-order valence-electron chi connectivity index (χ2n) is 11.3. The number of ether oxygens (including phenoxy) is 3. The van der Waals surface area contributed by atoms with E-state index in [4.69, 9.17) is 14.2 Å². The highest BCUT2D eigenvalue weighted by molar-refractivity contribution is 5.99. The first-order valence-corrected chi connectivity index (χ1v) is 15.2. The molecule has 4 saturated heterocycles. The number of epoxide rings is 3. The molecule has 3 atom stereocenters. The van der Waals surface area contributed by atoms with Crippen LogP contribution in [0.15, 0.2) is 5.82 Å². The van der Waals surface area contributed by atoms with Gasteiger partial charge in [0.1, 0.15) is 0 Å². The van der Waals surface area contributed by atoms with Crippen LogP contribution in [0.4, 0.5) is 9.59 Å². The largest absolute Gasteiger partial charge is 0.373 e. The van der Waals surface area contributed by atoms with E-state index in [2.05, 4.69) is 0 Å². The van der Waals surface area contributed by atoms with Crippen molar-refractivity contribution in [2.45, 2.75) is 121 Å². The molecule has 0 bridgehead atoms. The summed E-state index contributed by atoms with van der Waals surface area (Å²) in [6.07, 6.45) is 17.8. The predicted octanol–water partition coefficient (Wildman–Crippen LogP) is 5.26. The number of carbonyl (C=O) groups excluding carboxylic acids is 3. The van der Waals surface area contributed by atoms with Crippen molar-refractivity contribution >= 4 is 18.0 Å². The Labute approximate surface area is 227 Å². The van der Waals surface area contributed by atoms with Crippen LogP contribution in [0.1, 0.15) is 103 Å². The van der Waals surface area contributed by atoms with E-state index in [-0.39, 0.29) is 17.9 Å². The summed E-state index contributed by atoms with van der Waals surface area (Å²) < 4.78 is 15.8. The standard InChI is InChI=1S/C29H47N3O6/c33-20-27-30(17-11-5-1-2-8-14-24-21-36-24)28(34)32(19-13-7-4-10-16-26-23-38-26)29(35)31(27)18-12-6-3-9-15-25-22-37-25/h24-26H,1-19,21-23H2. The maximum absolute atomic E-state index is 13.4. The molecule has 9 nitrogen and oxygen atoms in total. The third-order valence-electron chi connectivity index (χ3n) is 7.96. The Morgan fingerprint density at radius 2 is 0.842 bits per heavy atom. The number of nitrogens with zero attached hydrogens (tertiary/aromatic N) is 3. The quantitative estimate of drug-likeness (QED) is 0.107. The molecule has 4 heterocycles. The third-order valence-corrected chi connectivity index (χ3v) is 7.96. The first-order valence-electron chi connectivity index (χ1n) is 15.2. The van der Waals surface area contributed by atoms with Crippen molar-refractivity contribution in [3.8, 4) is 0 Å². The fourth-order valence-corrected chi connectivity index (χ4v) is 5.27. The highest BCUT2D eigenvalue weighted by Crippen LogP contribution is 2.25. The zero-order chi connectivity index (χ0) is 26.6. The van der Waals surface area contributed by atoms with Gasteiger partial charge in [0, 0.05) is 19.6 Å². The van der Waals surface area contributed by atoms with E-state index in [1.807, 2.05) is 5.94 Å². The first kappa shape index (κ1) is 29.1. The molecule has 0 radical (unpaired) electrons. The van der Waals surface area contributed by atoms with Crippen molar-refractivity contribution < 1.29 is 28.6 Å². The van der Waals surface area contributed by atoms with E-state index in [9.17, 15) is 14.4 Å². The second-order valence-corrected chi connectivity index (χ2v) is 11.3. The van der Waals surface area contributed by atoms with Gasteiger partial charge in [-0.25, -0.2) is 19.3 Å². The van der Waals surface area contributed by atoms with Gasteiger partial charge >= 0.3 is 12.1 Å². The van der Waals surface area contributed by atoms with Crippen molar-refractivity contribution in [1.29, 1.82) is 0 Å². The van der Waals surface area contributed by atoms with Gasteiger partial charge in [-0.15, -0.1) is 0 Å². The van der Waals surface area contributed by atoms with Crippen LogP contribution in [0.5, 0.6) is 0 Å². The summed E-state index contributed by atoms with van der Waals surface area (Å²) in [7, 11) is 0. The van der Waals surface area contributed by atoms with Crippen LogP contribution in [0.2, 0.25) is 0 Å². The van der Waals surface area contributed by atoms with Gasteiger partial charge in [-0.2, -0.15) is 0 Å². The van der Waals surface area contributed by atoms with Crippen LogP contribution in [0.25, 0.3) is 0 Å². The van der Waals surface area contributed by atoms with Crippen LogP contribution in [-0.2, 0) is 19.0 Å². The van der Waals surface area contributed by atoms with Crippen molar-refractivity contribution in [2.75, 3.05) is 39.5 Å². The molecule has 4 rings (SSSR count). The molecule has 9 heteroatoms. The molecule has 0 saturated carbocycles. The monoisotopic (exact) mass is 533 g/mol. The molecular formula is C29H47N3O6. The minimum atomic E-state index is -0.371. The summed E-state index contributed by atoms with van der Waals surface area (Å²) in [6, 6.07) is -0.740. The van der Waals surface area contributed by atoms with Crippen LogP contribution in [0.3, 0.4) is 0 Å². The molecule has 4 amide bonds. The Morgan fingerprint density at radius 3 is 1.18 bits per heavy atom. The Bertz CT molecular complexity index is 804. The van der Waals surface area contributed by atoms with Gasteiger partial charge < -0.3 is 14.2 Å². The zero-order valence-electron chi connectivity index (χ0n) is 23.1. The lowest BCUT2D eigenvalue weighted by atomic mass is 10.1. The van der Waals surface area contributed by atoms with Crippen molar-refractivity contribution in [1.82, 2.24) is 14.7 Å². The molecule has 0 aromatic heterocycles. The van der Waals surface area contributed by atoms with Gasteiger partial charge in [-0.1, -0.05) is 64.2 Å². The molecular weight excluding hydrogens is 486 g/mol. The Morgan fingerprint density at radius 1 is 0.526 bits per heavy atom. The number of carbonyl (C=O) groups is 2. The lowest BCUT2D eigenvalue weighted by Gasteiger charge is -2.41. The smallest absolute Gasteiger partial charge is 0.334 e.